The third-order valence-electron chi connectivity index (χ3n) is 2.83. The summed E-state index contributed by atoms with van der Waals surface area (Å²) in [6.45, 7) is 7.09. The first kappa shape index (κ1) is 16.4. The minimum Gasteiger partial charge on any atom is -0.466 e. The third-order valence-corrected chi connectivity index (χ3v) is 2.83. The maximum absolute atomic E-state index is 10.5. The summed E-state index contributed by atoms with van der Waals surface area (Å²) in [5.74, 6) is 0.383. The summed E-state index contributed by atoms with van der Waals surface area (Å²) in [5.41, 5.74) is 0. The Labute approximate surface area is 105 Å². The summed E-state index contributed by atoms with van der Waals surface area (Å²) >= 11 is 0. The molecule has 17 heavy (non-hydrogen) atoms. The maximum atomic E-state index is 10.5. The predicted molar refractivity (Wildman–Crippen MR) is 68.6 cm³/mol. The lowest BCUT2D eigenvalue weighted by atomic mass is 10.1. The van der Waals surface area contributed by atoms with Gasteiger partial charge in [-0.25, -0.2) is 0 Å². The van der Waals surface area contributed by atoms with Crippen molar-refractivity contribution in [1.82, 2.24) is 5.32 Å². The molecule has 0 amide bonds. The standard InChI is InChI=1S/C13H27NO3/c1-4-11(2)10-14-13(16)8-6-5-7-9-17-12(3)15/h11,13-14,16H,4-10H2,1-3H3. The van der Waals surface area contributed by atoms with Crippen LogP contribution in [0.2, 0.25) is 0 Å². The molecule has 0 saturated heterocycles. The van der Waals surface area contributed by atoms with E-state index in [0.29, 0.717) is 12.5 Å². The van der Waals surface area contributed by atoms with Gasteiger partial charge in [0.05, 0.1) is 6.61 Å². The van der Waals surface area contributed by atoms with E-state index in [2.05, 4.69) is 19.2 Å². The Morgan fingerprint density at radius 1 is 1.35 bits per heavy atom. The quantitative estimate of drug-likeness (QED) is 0.351. The molecule has 0 spiro atoms. The molecule has 0 aliphatic rings. The lowest BCUT2D eigenvalue weighted by Gasteiger charge is -2.15. The molecule has 0 aromatic heterocycles. The van der Waals surface area contributed by atoms with Gasteiger partial charge in [0.2, 0.25) is 0 Å². The Morgan fingerprint density at radius 3 is 2.65 bits per heavy atom. The molecule has 4 heteroatoms. The average molecular weight is 245 g/mol. The number of rotatable bonds is 10. The number of carbonyl (C=O) groups is 1. The summed E-state index contributed by atoms with van der Waals surface area (Å²) in [6, 6.07) is 0. The van der Waals surface area contributed by atoms with E-state index in [1.165, 1.54) is 6.92 Å². The van der Waals surface area contributed by atoms with Crippen molar-refractivity contribution >= 4 is 5.97 Å². The van der Waals surface area contributed by atoms with E-state index in [1.807, 2.05) is 0 Å². The number of aliphatic hydroxyl groups excluding tert-OH is 1. The molecule has 2 N–H and O–H groups in total. The fourth-order valence-electron chi connectivity index (χ4n) is 1.42. The molecule has 0 aliphatic heterocycles. The van der Waals surface area contributed by atoms with Gasteiger partial charge in [0.15, 0.2) is 0 Å². The molecule has 0 radical (unpaired) electrons. The number of aliphatic hydroxyl groups is 1. The fourth-order valence-corrected chi connectivity index (χ4v) is 1.42. The highest BCUT2D eigenvalue weighted by Crippen LogP contribution is 2.04. The lowest BCUT2D eigenvalue weighted by Crippen LogP contribution is -2.32. The molecule has 2 unspecified atom stereocenters. The van der Waals surface area contributed by atoms with E-state index >= 15 is 0 Å². The summed E-state index contributed by atoms with van der Waals surface area (Å²) < 4.78 is 4.83. The van der Waals surface area contributed by atoms with E-state index in [4.69, 9.17) is 4.74 Å². The van der Waals surface area contributed by atoms with Gasteiger partial charge in [0.25, 0.3) is 0 Å². The van der Waals surface area contributed by atoms with Crippen molar-refractivity contribution < 1.29 is 14.6 Å². The fraction of sp³-hybridized carbons (Fsp3) is 0.923. The van der Waals surface area contributed by atoms with Crippen molar-refractivity contribution in [1.29, 1.82) is 0 Å². The molecular formula is C13H27NO3. The Kier molecular flexibility index (Phi) is 10.2. The summed E-state index contributed by atoms with van der Waals surface area (Å²) in [4.78, 5) is 10.5. The molecule has 102 valence electrons. The molecule has 0 bridgehead atoms. The van der Waals surface area contributed by atoms with Crippen LogP contribution in [-0.2, 0) is 9.53 Å². The number of hydrogen-bond donors (Lipinski definition) is 2. The summed E-state index contributed by atoms with van der Waals surface area (Å²) in [6.07, 6.45) is 4.29. The monoisotopic (exact) mass is 245 g/mol. The van der Waals surface area contributed by atoms with Crippen LogP contribution in [0.5, 0.6) is 0 Å². The smallest absolute Gasteiger partial charge is 0.302 e. The van der Waals surface area contributed by atoms with Gasteiger partial charge in [-0.15, -0.1) is 0 Å². The van der Waals surface area contributed by atoms with Gasteiger partial charge in [0.1, 0.15) is 6.23 Å². The molecule has 0 fully saturated rings. The van der Waals surface area contributed by atoms with Gasteiger partial charge < -0.3 is 9.84 Å². The average Bonchev–Trinajstić information content (AvgIpc) is 2.30. The molecule has 0 rings (SSSR count). The van der Waals surface area contributed by atoms with Crippen LogP contribution in [-0.4, -0.2) is 30.5 Å². The van der Waals surface area contributed by atoms with Crippen molar-refractivity contribution in [3.8, 4) is 0 Å². The molecule has 0 aromatic carbocycles. The molecule has 4 nitrogen and oxygen atoms in total. The van der Waals surface area contributed by atoms with Crippen molar-refractivity contribution in [2.45, 2.75) is 59.1 Å². The summed E-state index contributed by atoms with van der Waals surface area (Å²) in [5, 5.41) is 12.8. The third kappa shape index (κ3) is 11.6. The molecule has 0 aliphatic carbocycles. The Hall–Kier alpha value is -0.610. The van der Waals surface area contributed by atoms with E-state index in [1.54, 1.807) is 0 Å². The number of hydrogen-bond acceptors (Lipinski definition) is 4. The minimum absolute atomic E-state index is 0.222. The number of esters is 1. The Balaban J connectivity index is 3.27. The van der Waals surface area contributed by atoms with E-state index in [9.17, 15) is 9.90 Å². The molecule has 0 saturated carbocycles. The zero-order valence-electron chi connectivity index (χ0n) is 11.4. The van der Waals surface area contributed by atoms with Gasteiger partial charge in [-0.05, 0) is 31.6 Å². The van der Waals surface area contributed by atoms with Crippen molar-refractivity contribution in [2.75, 3.05) is 13.2 Å². The topological polar surface area (TPSA) is 58.6 Å². The second kappa shape index (κ2) is 10.5. The first-order valence-corrected chi connectivity index (χ1v) is 6.61. The summed E-state index contributed by atoms with van der Waals surface area (Å²) in [7, 11) is 0. The molecule has 2 atom stereocenters. The van der Waals surface area contributed by atoms with Crippen LogP contribution in [0.1, 0.15) is 52.9 Å². The second-order valence-electron chi connectivity index (χ2n) is 4.63. The SMILES string of the molecule is CCC(C)CNC(O)CCCCCOC(C)=O. The molecule has 0 heterocycles. The number of nitrogens with one attached hydrogen (secondary N) is 1. The van der Waals surface area contributed by atoms with Crippen LogP contribution in [0, 0.1) is 5.92 Å². The van der Waals surface area contributed by atoms with Gasteiger partial charge in [-0.3, -0.25) is 10.1 Å². The van der Waals surface area contributed by atoms with Crippen LogP contribution >= 0.6 is 0 Å². The van der Waals surface area contributed by atoms with Crippen LogP contribution in [0.15, 0.2) is 0 Å². The first-order valence-electron chi connectivity index (χ1n) is 6.61. The van der Waals surface area contributed by atoms with E-state index in [-0.39, 0.29) is 5.97 Å². The van der Waals surface area contributed by atoms with E-state index in [0.717, 1.165) is 38.6 Å². The zero-order valence-corrected chi connectivity index (χ0v) is 11.4. The lowest BCUT2D eigenvalue weighted by molar-refractivity contribution is -0.141. The number of ether oxygens (including phenoxy) is 1. The van der Waals surface area contributed by atoms with Gasteiger partial charge in [-0.1, -0.05) is 20.3 Å². The van der Waals surface area contributed by atoms with Crippen molar-refractivity contribution in [2.24, 2.45) is 5.92 Å². The molecular weight excluding hydrogens is 218 g/mol. The van der Waals surface area contributed by atoms with Crippen LogP contribution < -0.4 is 5.32 Å². The first-order chi connectivity index (χ1) is 8.06. The number of unbranched alkanes of at least 4 members (excludes halogenated alkanes) is 2. The zero-order chi connectivity index (χ0) is 13.1. The van der Waals surface area contributed by atoms with Gasteiger partial charge >= 0.3 is 5.97 Å². The van der Waals surface area contributed by atoms with Crippen LogP contribution in [0.3, 0.4) is 0 Å². The second-order valence-corrected chi connectivity index (χ2v) is 4.63. The highest BCUT2D eigenvalue weighted by Gasteiger charge is 2.05. The van der Waals surface area contributed by atoms with Gasteiger partial charge in [0, 0.05) is 13.5 Å². The van der Waals surface area contributed by atoms with Crippen molar-refractivity contribution in [3.63, 3.8) is 0 Å². The maximum Gasteiger partial charge on any atom is 0.302 e. The van der Waals surface area contributed by atoms with Crippen molar-refractivity contribution in [3.05, 3.63) is 0 Å². The highest BCUT2D eigenvalue weighted by atomic mass is 16.5. The molecule has 0 aromatic rings. The number of carbonyl (C=O) groups excluding carboxylic acids is 1. The largest absolute Gasteiger partial charge is 0.466 e. The Morgan fingerprint density at radius 2 is 2.06 bits per heavy atom. The normalized spacial score (nSPS) is 14.4. The Bertz CT molecular complexity index is 197. The van der Waals surface area contributed by atoms with Gasteiger partial charge in [-0.2, -0.15) is 0 Å². The van der Waals surface area contributed by atoms with Crippen LogP contribution in [0.25, 0.3) is 0 Å². The van der Waals surface area contributed by atoms with Crippen LogP contribution in [0.4, 0.5) is 0 Å². The predicted octanol–water partition coefficient (Wildman–Crippen LogP) is 2.06. The highest BCUT2D eigenvalue weighted by molar-refractivity contribution is 5.65. The minimum atomic E-state index is -0.405. The van der Waals surface area contributed by atoms with E-state index < -0.39 is 6.23 Å².